The monoisotopic (exact) mass is 357 g/mol. The molecule has 0 aliphatic rings. The van der Waals surface area contributed by atoms with Crippen LogP contribution >= 0.6 is 38.9 Å². The summed E-state index contributed by atoms with van der Waals surface area (Å²) in [6, 6.07) is 10.6. The van der Waals surface area contributed by atoms with E-state index < -0.39 is 0 Å². The lowest BCUT2D eigenvalue weighted by Gasteiger charge is -2.17. The fourth-order valence-corrected chi connectivity index (χ4v) is 4.36. The smallest absolute Gasteiger partial charge is 0.0467 e. The van der Waals surface area contributed by atoms with Crippen molar-refractivity contribution in [2.45, 2.75) is 26.3 Å². The molecule has 0 amide bonds. The van der Waals surface area contributed by atoms with E-state index in [4.69, 9.17) is 11.6 Å². The van der Waals surface area contributed by atoms with Crippen molar-refractivity contribution in [3.8, 4) is 0 Å². The number of likely N-dealkylation sites (N-methyl/N-ethyl adjacent to an activating group) is 1. The predicted octanol–water partition coefficient (Wildman–Crippen LogP) is 5.37. The van der Waals surface area contributed by atoms with Crippen molar-refractivity contribution in [2.24, 2.45) is 0 Å². The quantitative estimate of drug-likeness (QED) is 0.758. The van der Waals surface area contributed by atoms with Gasteiger partial charge in [-0.25, -0.2) is 0 Å². The van der Waals surface area contributed by atoms with Gasteiger partial charge in [-0.05, 0) is 59.6 Å². The molecule has 2 aromatic rings. The minimum atomic E-state index is 0.330. The maximum absolute atomic E-state index is 6.06. The van der Waals surface area contributed by atoms with Crippen LogP contribution in [0.15, 0.2) is 34.8 Å². The summed E-state index contributed by atoms with van der Waals surface area (Å²) in [6.07, 6.45) is 0.951. The van der Waals surface area contributed by atoms with Crippen molar-refractivity contribution in [3.05, 3.63) is 55.1 Å². The van der Waals surface area contributed by atoms with Crippen LogP contribution in [0, 0.1) is 6.92 Å². The minimum absolute atomic E-state index is 0.330. The summed E-state index contributed by atoms with van der Waals surface area (Å²) in [6.45, 7) is 5.23. The van der Waals surface area contributed by atoms with Gasteiger partial charge in [0.15, 0.2) is 0 Å². The fraction of sp³-hybridized carbons (Fsp3) is 0.333. The second-order valence-electron chi connectivity index (χ2n) is 4.51. The van der Waals surface area contributed by atoms with Gasteiger partial charge < -0.3 is 5.32 Å². The van der Waals surface area contributed by atoms with Crippen molar-refractivity contribution in [3.63, 3.8) is 0 Å². The molecule has 0 saturated heterocycles. The Balaban J connectivity index is 2.23. The van der Waals surface area contributed by atoms with Crippen LogP contribution in [0.2, 0.25) is 5.02 Å². The number of thiophene rings is 1. The zero-order valence-corrected chi connectivity index (χ0v) is 14.2. The van der Waals surface area contributed by atoms with Gasteiger partial charge in [-0.15, -0.1) is 11.3 Å². The van der Waals surface area contributed by atoms with Gasteiger partial charge in [-0.3, -0.25) is 0 Å². The zero-order chi connectivity index (χ0) is 13.8. The zero-order valence-electron chi connectivity index (χ0n) is 11.0. The maximum atomic E-state index is 6.06. The van der Waals surface area contributed by atoms with Gasteiger partial charge in [0.05, 0.1) is 0 Å². The predicted molar refractivity (Wildman–Crippen MR) is 88.3 cm³/mol. The molecule has 1 aromatic heterocycles. The Morgan fingerprint density at radius 2 is 2.16 bits per heavy atom. The molecule has 19 heavy (non-hydrogen) atoms. The number of benzene rings is 1. The molecule has 1 nitrogen and oxygen atoms in total. The normalized spacial score (nSPS) is 12.6. The molecule has 0 radical (unpaired) electrons. The first-order chi connectivity index (χ1) is 9.10. The van der Waals surface area contributed by atoms with Gasteiger partial charge in [0.2, 0.25) is 0 Å². The molecule has 1 atom stereocenters. The summed E-state index contributed by atoms with van der Waals surface area (Å²) in [7, 11) is 0. The summed E-state index contributed by atoms with van der Waals surface area (Å²) < 4.78 is 1.20. The van der Waals surface area contributed by atoms with E-state index in [1.165, 1.54) is 19.8 Å². The second kappa shape index (κ2) is 6.89. The number of rotatable bonds is 5. The van der Waals surface area contributed by atoms with Crippen LogP contribution in [0.3, 0.4) is 0 Å². The first-order valence-corrected chi connectivity index (χ1v) is 8.32. The Labute approximate surface area is 132 Å². The Bertz CT molecular complexity index is 553. The number of halogens is 2. The first-order valence-electron chi connectivity index (χ1n) is 6.33. The number of hydrogen-bond acceptors (Lipinski definition) is 2. The van der Waals surface area contributed by atoms with E-state index in [1.54, 1.807) is 0 Å². The van der Waals surface area contributed by atoms with Crippen LogP contribution in [0.25, 0.3) is 0 Å². The third kappa shape index (κ3) is 4.06. The topological polar surface area (TPSA) is 12.0 Å². The summed E-state index contributed by atoms with van der Waals surface area (Å²) in [5.74, 6) is 0. The summed E-state index contributed by atoms with van der Waals surface area (Å²) in [5, 5.41) is 4.36. The standard InChI is InChI=1S/C15H17BrClNS/c1-3-18-14(15-13(16)7-10(2)19-15)9-11-5-4-6-12(17)8-11/h4-8,14,18H,3,9H2,1-2H3. The van der Waals surface area contributed by atoms with E-state index in [0.717, 1.165) is 18.0 Å². The largest absolute Gasteiger partial charge is 0.309 e. The molecule has 1 heterocycles. The molecule has 0 bridgehead atoms. The molecule has 1 N–H and O–H groups in total. The molecular formula is C15H17BrClNS. The van der Waals surface area contributed by atoms with Crippen LogP contribution < -0.4 is 5.32 Å². The highest BCUT2D eigenvalue weighted by molar-refractivity contribution is 9.10. The fourth-order valence-electron chi connectivity index (χ4n) is 2.14. The third-order valence-electron chi connectivity index (χ3n) is 2.93. The van der Waals surface area contributed by atoms with Crippen molar-refractivity contribution < 1.29 is 0 Å². The Morgan fingerprint density at radius 3 is 2.74 bits per heavy atom. The van der Waals surface area contributed by atoms with Gasteiger partial charge in [-0.1, -0.05) is 30.7 Å². The lowest BCUT2D eigenvalue weighted by atomic mass is 10.0. The van der Waals surface area contributed by atoms with Crippen LogP contribution in [0.4, 0.5) is 0 Å². The average Bonchev–Trinajstić information content (AvgIpc) is 2.68. The van der Waals surface area contributed by atoms with Crippen molar-refractivity contribution in [1.82, 2.24) is 5.32 Å². The van der Waals surface area contributed by atoms with E-state index in [-0.39, 0.29) is 0 Å². The van der Waals surface area contributed by atoms with Crippen LogP contribution in [-0.4, -0.2) is 6.54 Å². The van der Waals surface area contributed by atoms with Crippen molar-refractivity contribution in [2.75, 3.05) is 6.54 Å². The molecule has 102 valence electrons. The van der Waals surface area contributed by atoms with E-state index in [9.17, 15) is 0 Å². The number of nitrogens with one attached hydrogen (secondary N) is 1. The molecule has 1 unspecified atom stereocenters. The lowest BCUT2D eigenvalue weighted by molar-refractivity contribution is 0.556. The lowest BCUT2D eigenvalue weighted by Crippen LogP contribution is -2.22. The van der Waals surface area contributed by atoms with Crippen molar-refractivity contribution >= 4 is 38.9 Å². The highest BCUT2D eigenvalue weighted by atomic mass is 79.9. The first kappa shape index (κ1) is 15.0. The second-order valence-corrected chi connectivity index (χ2v) is 7.09. The molecule has 1 aromatic carbocycles. The molecule has 0 spiro atoms. The third-order valence-corrected chi connectivity index (χ3v) is 5.25. The molecule has 4 heteroatoms. The highest BCUT2D eigenvalue weighted by Gasteiger charge is 2.17. The van der Waals surface area contributed by atoms with Gasteiger partial charge >= 0.3 is 0 Å². The molecule has 0 aliphatic carbocycles. The summed E-state index contributed by atoms with van der Waals surface area (Å²) in [4.78, 5) is 2.69. The molecule has 0 fully saturated rings. The average molecular weight is 359 g/mol. The molecule has 0 aliphatic heterocycles. The Morgan fingerprint density at radius 1 is 1.37 bits per heavy atom. The maximum Gasteiger partial charge on any atom is 0.0467 e. The summed E-state index contributed by atoms with van der Waals surface area (Å²) >= 11 is 11.6. The van der Waals surface area contributed by atoms with E-state index in [2.05, 4.69) is 47.2 Å². The van der Waals surface area contributed by atoms with E-state index in [0.29, 0.717) is 6.04 Å². The van der Waals surface area contributed by atoms with Crippen LogP contribution in [0.1, 0.15) is 28.3 Å². The van der Waals surface area contributed by atoms with Gasteiger partial charge in [0.25, 0.3) is 0 Å². The van der Waals surface area contributed by atoms with Gasteiger partial charge in [-0.2, -0.15) is 0 Å². The van der Waals surface area contributed by atoms with Crippen LogP contribution in [0.5, 0.6) is 0 Å². The SMILES string of the molecule is CCNC(Cc1cccc(Cl)c1)c1sc(C)cc1Br. The number of hydrogen-bond donors (Lipinski definition) is 1. The van der Waals surface area contributed by atoms with Crippen molar-refractivity contribution in [1.29, 1.82) is 0 Å². The summed E-state index contributed by atoms with van der Waals surface area (Å²) in [5.41, 5.74) is 1.26. The molecule has 0 saturated carbocycles. The Hall–Kier alpha value is -0.350. The Kier molecular flexibility index (Phi) is 5.46. The van der Waals surface area contributed by atoms with Gasteiger partial charge in [0, 0.05) is 25.3 Å². The number of aryl methyl sites for hydroxylation is 1. The minimum Gasteiger partial charge on any atom is -0.309 e. The van der Waals surface area contributed by atoms with E-state index >= 15 is 0 Å². The highest BCUT2D eigenvalue weighted by Crippen LogP contribution is 2.34. The van der Waals surface area contributed by atoms with Gasteiger partial charge in [0.1, 0.15) is 0 Å². The van der Waals surface area contributed by atoms with E-state index in [1.807, 2.05) is 29.5 Å². The van der Waals surface area contributed by atoms with Crippen LogP contribution in [-0.2, 0) is 6.42 Å². The molecule has 2 rings (SSSR count). The molecular weight excluding hydrogens is 342 g/mol.